The van der Waals surface area contributed by atoms with Crippen LogP contribution in [0.2, 0.25) is 0 Å². The fraction of sp³-hybridized carbons (Fsp3) is 0.348. The number of fused-ring (bicyclic) bond motifs is 3. The van der Waals surface area contributed by atoms with E-state index in [2.05, 4.69) is 0 Å². The Bertz CT molecular complexity index is 1210. The molecule has 1 amide bonds. The third-order valence-corrected chi connectivity index (χ3v) is 6.88. The van der Waals surface area contributed by atoms with E-state index in [0.29, 0.717) is 5.75 Å². The van der Waals surface area contributed by atoms with Gasteiger partial charge in [-0.15, -0.1) is 0 Å². The summed E-state index contributed by atoms with van der Waals surface area (Å²) in [6, 6.07) is 11.6. The molecule has 0 bridgehead atoms. The number of carbonyl (C=O) groups is 1. The Morgan fingerprint density at radius 3 is 2.58 bits per heavy atom. The molecule has 7 nitrogen and oxygen atoms in total. The molecule has 1 atom stereocenters. The van der Waals surface area contributed by atoms with E-state index < -0.39 is 10.0 Å². The van der Waals surface area contributed by atoms with Gasteiger partial charge in [0.2, 0.25) is 10.0 Å². The number of hydrogen-bond donors (Lipinski definition) is 1. The van der Waals surface area contributed by atoms with E-state index in [1.807, 2.05) is 25.1 Å². The first kappa shape index (κ1) is 21.4. The Labute approximate surface area is 181 Å². The normalized spacial score (nSPS) is 14.8. The largest absolute Gasteiger partial charge is 0.484 e. The van der Waals surface area contributed by atoms with Crippen molar-refractivity contribution in [2.75, 3.05) is 13.7 Å². The van der Waals surface area contributed by atoms with Gasteiger partial charge in [0.25, 0.3) is 5.91 Å². The second-order valence-corrected chi connectivity index (χ2v) is 9.51. The van der Waals surface area contributed by atoms with E-state index in [4.69, 9.17) is 14.3 Å². The fourth-order valence-corrected chi connectivity index (χ4v) is 4.47. The van der Waals surface area contributed by atoms with Crippen LogP contribution in [0.1, 0.15) is 42.7 Å². The Morgan fingerprint density at radius 2 is 1.87 bits per heavy atom. The monoisotopic (exact) mass is 442 g/mol. The van der Waals surface area contributed by atoms with E-state index in [9.17, 15) is 13.2 Å². The number of aryl methyl sites for hydroxylation is 2. The Morgan fingerprint density at radius 1 is 1.16 bits per heavy atom. The van der Waals surface area contributed by atoms with Crippen LogP contribution in [0.15, 0.2) is 51.8 Å². The van der Waals surface area contributed by atoms with Crippen LogP contribution >= 0.6 is 0 Å². The van der Waals surface area contributed by atoms with E-state index in [1.54, 1.807) is 24.1 Å². The highest BCUT2D eigenvalue weighted by Crippen LogP contribution is 2.34. The second-order valence-electron chi connectivity index (χ2n) is 7.95. The second kappa shape index (κ2) is 8.36. The van der Waals surface area contributed by atoms with Gasteiger partial charge in [0.05, 0.1) is 10.9 Å². The lowest BCUT2D eigenvalue weighted by Gasteiger charge is -2.25. The topological polar surface area (TPSA) is 103 Å². The van der Waals surface area contributed by atoms with Crippen molar-refractivity contribution in [1.29, 1.82) is 0 Å². The van der Waals surface area contributed by atoms with E-state index in [0.717, 1.165) is 48.0 Å². The summed E-state index contributed by atoms with van der Waals surface area (Å²) in [5, 5.41) is 6.20. The van der Waals surface area contributed by atoms with Gasteiger partial charge in [-0.2, -0.15) is 0 Å². The third-order valence-electron chi connectivity index (χ3n) is 5.95. The molecule has 4 rings (SSSR count). The van der Waals surface area contributed by atoms with Gasteiger partial charge in [0.1, 0.15) is 17.1 Å². The zero-order valence-corrected chi connectivity index (χ0v) is 18.4. The van der Waals surface area contributed by atoms with Crippen molar-refractivity contribution in [2.45, 2.75) is 43.5 Å². The van der Waals surface area contributed by atoms with Crippen LogP contribution < -0.4 is 9.88 Å². The zero-order valence-electron chi connectivity index (χ0n) is 17.6. The highest BCUT2D eigenvalue weighted by atomic mass is 32.2. The number of nitrogens with two attached hydrogens (primary N) is 1. The van der Waals surface area contributed by atoms with Crippen LogP contribution in [-0.4, -0.2) is 32.9 Å². The summed E-state index contributed by atoms with van der Waals surface area (Å²) in [4.78, 5) is 14.3. The lowest BCUT2D eigenvalue weighted by Crippen LogP contribution is -2.33. The van der Waals surface area contributed by atoms with Gasteiger partial charge in [-0.3, -0.25) is 4.79 Å². The molecule has 1 heterocycles. The molecule has 0 fully saturated rings. The lowest BCUT2D eigenvalue weighted by molar-refractivity contribution is -0.134. The number of hydrogen-bond acceptors (Lipinski definition) is 5. The molecular formula is C23H26N2O5S. The van der Waals surface area contributed by atoms with E-state index >= 15 is 0 Å². The molecule has 8 heteroatoms. The van der Waals surface area contributed by atoms with Crippen LogP contribution in [0, 0.1) is 0 Å². The Balaban J connectivity index is 1.42. The Hall–Kier alpha value is -2.84. The number of amides is 1. The fourth-order valence-electron chi connectivity index (χ4n) is 3.95. The average molecular weight is 443 g/mol. The van der Waals surface area contributed by atoms with Gasteiger partial charge < -0.3 is 14.1 Å². The summed E-state index contributed by atoms with van der Waals surface area (Å²) in [6.07, 6.45) is 4.29. The maximum atomic E-state index is 12.7. The summed E-state index contributed by atoms with van der Waals surface area (Å²) in [6.45, 7) is 1.77. The van der Waals surface area contributed by atoms with Gasteiger partial charge >= 0.3 is 0 Å². The highest BCUT2D eigenvalue weighted by molar-refractivity contribution is 7.89. The summed E-state index contributed by atoms with van der Waals surface area (Å²) in [7, 11) is -2.05. The number of likely N-dealkylation sites (N-methyl/N-ethyl adjacent to an activating group) is 1. The SMILES string of the molecule is CC(c1ccc(S(N)(=O)=O)cc1)N(C)C(=O)COc1ccc2oc3c(c2c1)CCCC3. The standard InChI is InChI=1S/C23H26N2O5S/c1-15(16-7-10-18(11-8-16)31(24,27)28)25(2)23(26)14-29-17-9-12-22-20(13-17)19-5-3-4-6-21(19)30-22/h7-13,15H,3-6,14H2,1-2H3,(H2,24,27,28). The maximum absolute atomic E-state index is 12.7. The summed E-state index contributed by atoms with van der Waals surface area (Å²) in [5.74, 6) is 1.52. The molecular weight excluding hydrogens is 416 g/mol. The van der Waals surface area contributed by atoms with Gasteiger partial charge in [0.15, 0.2) is 6.61 Å². The number of carbonyl (C=O) groups excluding carboxylic acids is 1. The van der Waals surface area contributed by atoms with Crippen LogP contribution in [0.25, 0.3) is 11.0 Å². The average Bonchev–Trinajstić information content (AvgIpc) is 3.14. The molecule has 1 unspecified atom stereocenters. The van der Waals surface area contributed by atoms with Crippen molar-refractivity contribution in [3.8, 4) is 5.75 Å². The van der Waals surface area contributed by atoms with Gasteiger partial charge in [0, 0.05) is 24.4 Å². The molecule has 0 saturated heterocycles. The quantitative estimate of drug-likeness (QED) is 0.629. The molecule has 31 heavy (non-hydrogen) atoms. The minimum Gasteiger partial charge on any atom is -0.484 e. The van der Waals surface area contributed by atoms with Gasteiger partial charge in [-0.1, -0.05) is 12.1 Å². The number of nitrogens with zero attached hydrogens (tertiary/aromatic N) is 1. The Kier molecular flexibility index (Phi) is 5.77. The van der Waals surface area contributed by atoms with Crippen molar-refractivity contribution < 1.29 is 22.4 Å². The number of rotatable bonds is 6. The van der Waals surface area contributed by atoms with Crippen molar-refractivity contribution >= 4 is 26.9 Å². The minimum atomic E-state index is -3.75. The van der Waals surface area contributed by atoms with Crippen molar-refractivity contribution in [1.82, 2.24) is 4.90 Å². The number of benzene rings is 2. The van der Waals surface area contributed by atoms with Gasteiger partial charge in [-0.25, -0.2) is 13.6 Å². The molecule has 2 aromatic carbocycles. The van der Waals surface area contributed by atoms with E-state index in [1.165, 1.54) is 17.7 Å². The minimum absolute atomic E-state index is 0.0394. The number of ether oxygens (including phenoxy) is 1. The van der Waals surface area contributed by atoms with Crippen molar-refractivity contribution in [3.05, 3.63) is 59.4 Å². The molecule has 164 valence electrons. The molecule has 2 N–H and O–H groups in total. The predicted molar refractivity (Wildman–Crippen MR) is 117 cm³/mol. The number of furan rings is 1. The van der Waals surface area contributed by atoms with Crippen molar-refractivity contribution in [2.24, 2.45) is 5.14 Å². The van der Waals surface area contributed by atoms with Crippen LogP contribution in [0.4, 0.5) is 0 Å². The molecule has 0 radical (unpaired) electrons. The molecule has 3 aromatic rings. The highest BCUT2D eigenvalue weighted by Gasteiger charge is 2.20. The zero-order chi connectivity index (χ0) is 22.2. The summed E-state index contributed by atoms with van der Waals surface area (Å²) in [5.41, 5.74) is 2.92. The van der Waals surface area contributed by atoms with E-state index in [-0.39, 0.29) is 23.5 Å². The number of primary sulfonamides is 1. The lowest BCUT2D eigenvalue weighted by atomic mass is 9.96. The molecule has 1 aliphatic rings. The summed E-state index contributed by atoms with van der Waals surface area (Å²) < 4.78 is 34.5. The number of sulfonamides is 1. The first-order chi connectivity index (χ1) is 14.7. The van der Waals surface area contributed by atoms with Crippen molar-refractivity contribution in [3.63, 3.8) is 0 Å². The molecule has 0 aliphatic heterocycles. The predicted octanol–water partition coefficient (Wildman–Crippen LogP) is 3.56. The summed E-state index contributed by atoms with van der Waals surface area (Å²) >= 11 is 0. The third kappa shape index (κ3) is 4.45. The molecule has 0 spiro atoms. The molecule has 0 saturated carbocycles. The smallest absolute Gasteiger partial charge is 0.260 e. The maximum Gasteiger partial charge on any atom is 0.260 e. The first-order valence-electron chi connectivity index (χ1n) is 10.3. The van der Waals surface area contributed by atoms with Crippen LogP contribution in [0.3, 0.4) is 0 Å². The van der Waals surface area contributed by atoms with Gasteiger partial charge in [-0.05, 0) is 62.1 Å². The molecule has 1 aliphatic carbocycles. The first-order valence-corrected chi connectivity index (χ1v) is 11.8. The van der Waals surface area contributed by atoms with Crippen LogP contribution in [-0.2, 0) is 27.7 Å². The van der Waals surface area contributed by atoms with Crippen LogP contribution in [0.5, 0.6) is 5.75 Å². The molecule has 1 aromatic heterocycles.